The van der Waals surface area contributed by atoms with Crippen LogP contribution in [0.3, 0.4) is 0 Å². The topological polar surface area (TPSA) is 25.4 Å². The maximum absolute atomic E-state index is 5.57. The molecule has 0 N–H and O–H groups in total. The number of aromatic nitrogens is 1. The maximum atomic E-state index is 5.57. The molecule has 2 aliphatic heterocycles. The fraction of sp³-hybridized carbons (Fsp3) is 0.526. The minimum atomic E-state index is 0.437. The van der Waals surface area contributed by atoms with Gasteiger partial charge in [-0.05, 0) is 43.5 Å². The summed E-state index contributed by atoms with van der Waals surface area (Å²) in [7, 11) is 0. The molecule has 0 aliphatic carbocycles. The van der Waals surface area contributed by atoms with Gasteiger partial charge in [0, 0.05) is 54.4 Å². The highest BCUT2D eigenvalue weighted by atomic mass is 32.2. The molecule has 0 radical (unpaired) electrons. The number of thioether (sulfide) groups is 1. The van der Waals surface area contributed by atoms with E-state index in [1.54, 1.807) is 0 Å². The highest BCUT2D eigenvalue weighted by Gasteiger charge is 2.37. The standard InChI is InChI=1S/C19H24N2OS/c1-15-2-4-17-12-16(3-5-18(17)20-15)13-21-8-11-23-19(14-21)6-9-22-10-7-19/h2-5,12H,6-11,13-14H2,1H3. The van der Waals surface area contributed by atoms with Crippen LogP contribution in [-0.4, -0.2) is 46.7 Å². The van der Waals surface area contributed by atoms with Crippen molar-refractivity contribution in [2.75, 3.05) is 32.1 Å². The van der Waals surface area contributed by atoms with Crippen LogP contribution in [0.5, 0.6) is 0 Å². The normalized spacial score (nSPS) is 21.8. The first-order chi connectivity index (χ1) is 11.2. The lowest BCUT2D eigenvalue weighted by molar-refractivity contribution is 0.0625. The molecule has 0 amide bonds. The second-order valence-corrected chi connectivity index (χ2v) is 8.40. The van der Waals surface area contributed by atoms with Gasteiger partial charge < -0.3 is 4.74 Å². The molecule has 3 nitrogen and oxygen atoms in total. The van der Waals surface area contributed by atoms with Crippen molar-refractivity contribution in [3.63, 3.8) is 0 Å². The number of rotatable bonds is 2. The van der Waals surface area contributed by atoms with Gasteiger partial charge in [0.05, 0.1) is 5.52 Å². The van der Waals surface area contributed by atoms with Crippen molar-refractivity contribution >= 4 is 22.7 Å². The monoisotopic (exact) mass is 328 g/mol. The van der Waals surface area contributed by atoms with Gasteiger partial charge in [-0.15, -0.1) is 0 Å². The van der Waals surface area contributed by atoms with E-state index in [1.165, 1.54) is 42.6 Å². The molecule has 23 heavy (non-hydrogen) atoms. The van der Waals surface area contributed by atoms with Crippen molar-refractivity contribution in [1.82, 2.24) is 9.88 Å². The SMILES string of the molecule is Cc1ccc2cc(CN3CCSC4(CCOCC4)C3)ccc2n1. The van der Waals surface area contributed by atoms with Gasteiger partial charge in [-0.2, -0.15) is 11.8 Å². The second kappa shape index (κ2) is 6.42. The zero-order valence-corrected chi connectivity index (χ0v) is 14.6. The Balaban J connectivity index is 1.49. The minimum Gasteiger partial charge on any atom is -0.381 e. The molecule has 3 heterocycles. The molecule has 1 spiro atoms. The first-order valence-corrected chi connectivity index (χ1v) is 9.51. The molecule has 4 heteroatoms. The Bertz CT molecular complexity index is 691. The number of ether oxygens (including phenoxy) is 1. The van der Waals surface area contributed by atoms with E-state index in [2.05, 4.69) is 52.0 Å². The van der Waals surface area contributed by atoms with Gasteiger partial charge in [-0.3, -0.25) is 9.88 Å². The summed E-state index contributed by atoms with van der Waals surface area (Å²) in [6, 6.07) is 11.0. The lowest BCUT2D eigenvalue weighted by Crippen LogP contribution is -2.49. The number of nitrogens with zero attached hydrogens (tertiary/aromatic N) is 2. The van der Waals surface area contributed by atoms with E-state index in [-0.39, 0.29) is 0 Å². The summed E-state index contributed by atoms with van der Waals surface area (Å²) >= 11 is 2.17. The number of benzene rings is 1. The second-order valence-electron chi connectivity index (χ2n) is 6.83. The highest BCUT2D eigenvalue weighted by molar-refractivity contribution is 8.00. The number of fused-ring (bicyclic) bond motifs is 1. The first-order valence-electron chi connectivity index (χ1n) is 8.53. The van der Waals surface area contributed by atoms with E-state index in [4.69, 9.17) is 4.74 Å². The van der Waals surface area contributed by atoms with Crippen LogP contribution in [-0.2, 0) is 11.3 Å². The van der Waals surface area contributed by atoms with Gasteiger partial charge in [0.2, 0.25) is 0 Å². The van der Waals surface area contributed by atoms with E-state index in [0.29, 0.717) is 4.75 Å². The molecule has 1 aromatic heterocycles. The number of hydrogen-bond acceptors (Lipinski definition) is 4. The summed E-state index contributed by atoms with van der Waals surface area (Å²) in [6.07, 6.45) is 2.41. The zero-order valence-electron chi connectivity index (χ0n) is 13.8. The molecule has 2 aromatic rings. The molecule has 0 atom stereocenters. The first kappa shape index (κ1) is 15.4. The Morgan fingerprint density at radius 1 is 1.22 bits per heavy atom. The van der Waals surface area contributed by atoms with Crippen LogP contribution in [0.25, 0.3) is 10.9 Å². The lowest BCUT2D eigenvalue weighted by atomic mass is 9.97. The molecule has 2 aliphatic rings. The highest BCUT2D eigenvalue weighted by Crippen LogP contribution is 2.39. The fourth-order valence-corrected chi connectivity index (χ4v) is 5.25. The molecule has 0 saturated carbocycles. The van der Waals surface area contributed by atoms with Crippen LogP contribution in [0.1, 0.15) is 24.1 Å². The quantitative estimate of drug-likeness (QED) is 0.840. The van der Waals surface area contributed by atoms with Gasteiger partial charge in [0.1, 0.15) is 0 Å². The Morgan fingerprint density at radius 2 is 2.09 bits per heavy atom. The molecular weight excluding hydrogens is 304 g/mol. The van der Waals surface area contributed by atoms with Crippen LogP contribution in [0.4, 0.5) is 0 Å². The summed E-state index contributed by atoms with van der Waals surface area (Å²) in [5.74, 6) is 1.24. The Kier molecular flexibility index (Phi) is 4.31. The van der Waals surface area contributed by atoms with Gasteiger partial charge in [0.25, 0.3) is 0 Å². The Morgan fingerprint density at radius 3 is 2.96 bits per heavy atom. The third kappa shape index (κ3) is 3.39. The van der Waals surface area contributed by atoms with E-state index < -0.39 is 0 Å². The average molecular weight is 328 g/mol. The van der Waals surface area contributed by atoms with Crippen molar-refractivity contribution in [3.8, 4) is 0 Å². The van der Waals surface area contributed by atoms with Gasteiger partial charge in [-0.1, -0.05) is 12.1 Å². The third-order valence-corrected chi connectivity index (χ3v) is 6.57. The molecule has 0 bridgehead atoms. The summed E-state index contributed by atoms with van der Waals surface area (Å²) in [5.41, 5.74) is 3.58. The van der Waals surface area contributed by atoms with Gasteiger partial charge in [-0.25, -0.2) is 0 Å². The van der Waals surface area contributed by atoms with Crippen molar-refractivity contribution in [2.24, 2.45) is 0 Å². The van der Waals surface area contributed by atoms with Crippen molar-refractivity contribution < 1.29 is 4.74 Å². The zero-order chi connectivity index (χ0) is 15.7. The van der Waals surface area contributed by atoms with Crippen LogP contribution < -0.4 is 0 Å². The summed E-state index contributed by atoms with van der Waals surface area (Å²) in [5, 5.41) is 1.25. The van der Waals surface area contributed by atoms with Gasteiger partial charge >= 0.3 is 0 Å². The summed E-state index contributed by atoms with van der Waals surface area (Å²) in [4.78, 5) is 7.23. The number of pyridine rings is 1. The van der Waals surface area contributed by atoms with Crippen LogP contribution >= 0.6 is 11.8 Å². The van der Waals surface area contributed by atoms with E-state index in [9.17, 15) is 0 Å². The maximum Gasteiger partial charge on any atom is 0.0705 e. The Labute approximate surface area is 142 Å². The molecule has 2 fully saturated rings. The minimum absolute atomic E-state index is 0.437. The largest absolute Gasteiger partial charge is 0.381 e. The fourth-order valence-electron chi connectivity index (χ4n) is 3.74. The van der Waals surface area contributed by atoms with Crippen molar-refractivity contribution in [2.45, 2.75) is 31.1 Å². The summed E-state index contributed by atoms with van der Waals surface area (Å²) in [6.45, 7) is 7.35. The Hall–Kier alpha value is -1.10. The summed E-state index contributed by atoms with van der Waals surface area (Å²) < 4.78 is 6.01. The molecule has 2 saturated heterocycles. The van der Waals surface area contributed by atoms with Crippen LogP contribution in [0, 0.1) is 6.92 Å². The molecule has 0 unspecified atom stereocenters. The molecular formula is C19H24N2OS. The van der Waals surface area contributed by atoms with Crippen molar-refractivity contribution in [3.05, 3.63) is 41.6 Å². The smallest absolute Gasteiger partial charge is 0.0705 e. The van der Waals surface area contributed by atoms with E-state index >= 15 is 0 Å². The van der Waals surface area contributed by atoms with Gasteiger partial charge in [0.15, 0.2) is 0 Å². The van der Waals surface area contributed by atoms with Crippen molar-refractivity contribution in [1.29, 1.82) is 0 Å². The van der Waals surface area contributed by atoms with Crippen LogP contribution in [0.2, 0.25) is 0 Å². The van der Waals surface area contributed by atoms with E-state index in [1.807, 2.05) is 6.92 Å². The third-order valence-electron chi connectivity index (χ3n) is 5.03. The molecule has 4 rings (SSSR count). The van der Waals surface area contributed by atoms with E-state index in [0.717, 1.165) is 31.0 Å². The predicted molar refractivity (Wildman–Crippen MR) is 97.0 cm³/mol. The number of aryl methyl sites for hydroxylation is 1. The molecule has 122 valence electrons. The molecule has 1 aromatic carbocycles. The number of hydrogen-bond donors (Lipinski definition) is 0. The predicted octanol–water partition coefficient (Wildman–Crippen LogP) is 3.64. The lowest BCUT2D eigenvalue weighted by Gasteiger charge is -2.44. The van der Waals surface area contributed by atoms with Crippen LogP contribution in [0.15, 0.2) is 30.3 Å². The average Bonchev–Trinajstić information content (AvgIpc) is 2.56.